The molecule has 3 aliphatic heterocycles. The van der Waals surface area contributed by atoms with Crippen molar-refractivity contribution in [1.82, 2.24) is 5.06 Å². The van der Waals surface area contributed by atoms with Crippen LogP contribution in [0.1, 0.15) is 56.7 Å². The predicted octanol–water partition coefficient (Wildman–Crippen LogP) is 3.42. The fourth-order valence-corrected chi connectivity index (χ4v) is 5.97. The zero-order valence-electron chi connectivity index (χ0n) is 20.5. The highest BCUT2D eigenvalue weighted by Crippen LogP contribution is 2.58. The smallest absolute Gasteiger partial charge is 0.363 e. The van der Waals surface area contributed by atoms with Crippen LogP contribution in [0.5, 0.6) is 11.5 Å². The van der Waals surface area contributed by atoms with Crippen molar-refractivity contribution >= 4 is 35.0 Å². The van der Waals surface area contributed by atoms with Gasteiger partial charge in [-0.1, -0.05) is 24.3 Å². The molecule has 4 aliphatic rings. The third kappa shape index (κ3) is 3.03. The largest absolute Gasteiger partial charge is 0.457 e. The summed E-state index contributed by atoms with van der Waals surface area (Å²) in [6, 6.07) is 17.2. The standard InChI is InChI=1S/C29H20N4O6/c30-31-27-26(36)17-10-9-16(28(37)39-33-23(34)11-12-24(33)35)15-19(17)29(27)18-5-1-2-7-21(18)38-22-8-3-6-20(25(22)29)32-13-4-14-32/h1-3,5-10,15H,4,11-14H2. The molecule has 0 saturated carbocycles. The summed E-state index contributed by atoms with van der Waals surface area (Å²) in [5, 5.41) is 0.484. The molecule has 0 aromatic heterocycles. The van der Waals surface area contributed by atoms with Crippen LogP contribution in [-0.2, 0) is 19.8 Å². The van der Waals surface area contributed by atoms with E-state index in [4.69, 9.17) is 9.57 Å². The van der Waals surface area contributed by atoms with Gasteiger partial charge in [0, 0.05) is 48.3 Å². The van der Waals surface area contributed by atoms with E-state index in [-0.39, 0.29) is 29.7 Å². The van der Waals surface area contributed by atoms with Crippen LogP contribution in [0.25, 0.3) is 5.53 Å². The van der Waals surface area contributed by atoms with Crippen molar-refractivity contribution < 1.29 is 33.5 Å². The van der Waals surface area contributed by atoms with E-state index in [1.165, 1.54) is 18.2 Å². The molecule has 7 rings (SSSR count). The number of rotatable bonds is 3. The molecule has 2 fully saturated rings. The van der Waals surface area contributed by atoms with Gasteiger partial charge >= 0.3 is 11.7 Å². The van der Waals surface area contributed by atoms with Gasteiger partial charge in [0.1, 0.15) is 11.5 Å². The Morgan fingerprint density at radius 3 is 2.38 bits per heavy atom. The van der Waals surface area contributed by atoms with Crippen LogP contribution in [-0.4, -0.2) is 52.2 Å². The summed E-state index contributed by atoms with van der Waals surface area (Å²) < 4.78 is 6.31. The van der Waals surface area contributed by atoms with E-state index in [1.807, 2.05) is 24.3 Å². The molecule has 3 aromatic rings. The zero-order chi connectivity index (χ0) is 26.9. The van der Waals surface area contributed by atoms with Crippen molar-refractivity contribution in [1.29, 1.82) is 0 Å². The number of Topliss-reactive ketones (excluding diaryl/α,β-unsaturated/α-hetero) is 1. The normalized spacial score (nSPS) is 20.7. The van der Waals surface area contributed by atoms with Crippen LogP contribution >= 0.6 is 0 Å². The highest BCUT2D eigenvalue weighted by molar-refractivity contribution is 6.52. The Morgan fingerprint density at radius 2 is 1.67 bits per heavy atom. The summed E-state index contributed by atoms with van der Waals surface area (Å²) in [5.41, 5.74) is 11.6. The molecule has 0 N–H and O–H groups in total. The lowest BCUT2D eigenvalue weighted by Crippen LogP contribution is -2.44. The molecule has 2 amide bonds. The molecule has 1 unspecified atom stereocenters. The lowest BCUT2D eigenvalue weighted by Gasteiger charge is -2.41. The van der Waals surface area contributed by atoms with Gasteiger partial charge in [-0.2, -0.15) is 4.79 Å². The number of imide groups is 1. The average Bonchev–Trinajstić information content (AvgIpc) is 3.36. The summed E-state index contributed by atoms with van der Waals surface area (Å²) in [5.74, 6) is -1.62. The first-order valence-electron chi connectivity index (χ1n) is 12.6. The van der Waals surface area contributed by atoms with Crippen molar-refractivity contribution in [2.24, 2.45) is 0 Å². The Kier molecular flexibility index (Phi) is 4.86. The number of para-hydroxylation sites is 1. The van der Waals surface area contributed by atoms with Crippen molar-refractivity contribution in [2.75, 3.05) is 18.0 Å². The number of hydrogen-bond acceptors (Lipinski definition) is 7. The monoisotopic (exact) mass is 520 g/mol. The Hall–Kier alpha value is -5.08. The van der Waals surface area contributed by atoms with Crippen molar-refractivity contribution in [3.63, 3.8) is 0 Å². The number of hydrogen-bond donors (Lipinski definition) is 0. The lowest BCUT2D eigenvalue weighted by atomic mass is 9.66. The molecule has 3 heterocycles. The Morgan fingerprint density at radius 1 is 0.923 bits per heavy atom. The molecule has 0 radical (unpaired) electrons. The van der Waals surface area contributed by atoms with Gasteiger partial charge in [-0.25, -0.2) is 4.79 Å². The second-order valence-electron chi connectivity index (χ2n) is 9.84. The number of hydroxylamine groups is 2. The molecule has 0 bridgehead atoms. The summed E-state index contributed by atoms with van der Waals surface area (Å²) in [4.78, 5) is 61.9. The van der Waals surface area contributed by atoms with Crippen molar-refractivity contribution in [3.8, 4) is 11.5 Å². The van der Waals surface area contributed by atoms with E-state index >= 15 is 0 Å². The van der Waals surface area contributed by atoms with Crippen LogP contribution < -0.4 is 9.64 Å². The molecule has 2 saturated heterocycles. The topological polar surface area (TPSA) is 130 Å². The maximum Gasteiger partial charge on any atom is 0.363 e. The minimum Gasteiger partial charge on any atom is -0.457 e. The third-order valence-electron chi connectivity index (χ3n) is 7.84. The molecular formula is C29H20N4O6. The number of ketones is 1. The molecule has 1 spiro atoms. The maximum absolute atomic E-state index is 13.8. The van der Waals surface area contributed by atoms with Gasteiger partial charge in [-0.15, -0.1) is 5.06 Å². The van der Waals surface area contributed by atoms with E-state index in [1.54, 1.807) is 18.2 Å². The van der Waals surface area contributed by atoms with Gasteiger partial charge in [0.25, 0.3) is 17.6 Å². The number of benzene rings is 3. The Labute approximate surface area is 221 Å². The van der Waals surface area contributed by atoms with Gasteiger partial charge in [-0.3, -0.25) is 14.4 Å². The first-order valence-corrected chi connectivity index (χ1v) is 12.6. The van der Waals surface area contributed by atoms with Gasteiger partial charge in [-0.05, 0) is 48.4 Å². The minimum atomic E-state index is -1.40. The number of nitrogens with zero attached hydrogens (tertiary/aromatic N) is 4. The Bertz CT molecular complexity index is 1690. The average molecular weight is 521 g/mol. The van der Waals surface area contributed by atoms with E-state index in [0.717, 1.165) is 25.2 Å². The lowest BCUT2D eigenvalue weighted by molar-refractivity contribution is -0.172. The molecule has 10 heteroatoms. The SMILES string of the molecule is [N-]=[N+]=C1C(=O)c2ccc(C(=O)ON3C(=O)CCC3=O)cc2C12c1ccccc1Oc1cccc(N3CCC3)c12. The van der Waals surface area contributed by atoms with Crippen LogP contribution in [0.4, 0.5) is 5.69 Å². The molecule has 10 nitrogen and oxygen atoms in total. The minimum absolute atomic E-state index is 0.0274. The van der Waals surface area contributed by atoms with E-state index in [2.05, 4.69) is 9.69 Å². The number of anilines is 1. The highest BCUT2D eigenvalue weighted by Gasteiger charge is 2.63. The number of ether oxygens (including phenoxy) is 1. The first-order chi connectivity index (χ1) is 18.9. The van der Waals surface area contributed by atoms with Crippen molar-refractivity contribution in [2.45, 2.75) is 24.7 Å². The maximum atomic E-state index is 13.8. The fraction of sp³-hybridized carbons (Fsp3) is 0.207. The molecular weight excluding hydrogens is 500 g/mol. The van der Waals surface area contributed by atoms with Gasteiger partial charge < -0.3 is 20.0 Å². The molecule has 1 atom stereocenters. The predicted molar refractivity (Wildman–Crippen MR) is 136 cm³/mol. The number of amides is 2. The number of carbonyl (C=O) groups excluding carboxylic acids is 4. The van der Waals surface area contributed by atoms with Gasteiger partial charge in [0.2, 0.25) is 0 Å². The van der Waals surface area contributed by atoms with Gasteiger partial charge in [0.15, 0.2) is 5.41 Å². The summed E-state index contributed by atoms with van der Waals surface area (Å²) in [6.45, 7) is 1.62. The fourth-order valence-electron chi connectivity index (χ4n) is 5.97. The van der Waals surface area contributed by atoms with Crippen LogP contribution in [0.3, 0.4) is 0 Å². The number of carbonyl (C=O) groups is 4. The van der Waals surface area contributed by atoms with E-state index in [9.17, 15) is 24.7 Å². The molecule has 3 aromatic carbocycles. The molecule has 39 heavy (non-hydrogen) atoms. The van der Waals surface area contributed by atoms with E-state index < -0.39 is 29.0 Å². The summed E-state index contributed by atoms with van der Waals surface area (Å²) in [7, 11) is 0. The Balaban J connectivity index is 1.49. The van der Waals surface area contributed by atoms with Crippen LogP contribution in [0.2, 0.25) is 0 Å². The van der Waals surface area contributed by atoms with Crippen LogP contribution in [0.15, 0.2) is 60.7 Å². The third-order valence-corrected chi connectivity index (χ3v) is 7.84. The van der Waals surface area contributed by atoms with E-state index in [0.29, 0.717) is 33.3 Å². The van der Waals surface area contributed by atoms with Crippen LogP contribution in [0, 0.1) is 0 Å². The zero-order valence-corrected chi connectivity index (χ0v) is 20.5. The first kappa shape index (κ1) is 23.1. The summed E-state index contributed by atoms with van der Waals surface area (Å²) >= 11 is 0. The molecule has 192 valence electrons. The second-order valence-corrected chi connectivity index (χ2v) is 9.84. The number of fused-ring (bicyclic) bond motifs is 6. The summed E-state index contributed by atoms with van der Waals surface area (Å²) in [6.07, 6.45) is 0.947. The molecule has 1 aliphatic carbocycles. The van der Waals surface area contributed by atoms with Gasteiger partial charge in [0.05, 0.1) is 5.56 Å². The highest BCUT2D eigenvalue weighted by atomic mass is 16.7. The van der Waals surface area contributed by atoms with Crippen molar-refractivity contribution in [3.05, 3.63) is 94.0 Å². The quantitative estimate of drug-likeness (QED) is 0.294. The second kappa shape index (κ2) is 8.21.